The van der Waals surface area contributed by atoms with Crippen molar-refractivity contribution < 1.29 is 60.1 Å². The summed E-state index contributed by atoms with van der Waals surface area (Å²) in [5, 5.41) is 37.1. The van der Waals surface area contributed by atoms with E-state index in [1.54, 1.807) is 31.3 Å². The van der Waals surface area contributed by atoms with Gasteiger partial charge in [0.05, 0.1) is 36.1 Å². The Bertz CT molecular complexity index is 3030. The zero-order valence-electron chi connectivity index (χ0n) is 49.2. The van der Waals surface area contributed by atoms with E-state index in [2.05, 4.69) is 77.0 Å². The van der Waals surface area contributed by atoms with Gasteiger partial charge < -0.3 is 34.9 Å². The Morgan fingerprint density at radius 3 is 1.74 bits per heavy atom. The van der Waals surface area contributed by atoms with Crippen LogP contribution in [0.4, 0.5) is 31.1 Å². The van der Waals surface area contributed by atoms with E-state index in [1.165, 1.54) is 11.9 Å². The van der Waals surface area contributed by atoms with Crippen LogP contribution in [-0.4, -0.2) is 119 Å². The minimum absolute atomic E-state index is 0. The van der Waals surface area contributed by atoms with Crippen molar-refractivity contribution >= 4 is 34.7 Å². The first-order valence-corrected chi connectivity index (χ1v) is 30.5. The molecule has 4 heterocycles. The Balaban J connectivity index is 0.000000255. The summed E-state index contributed by atoms with van der Waals surface area (Å²) >= 11 is 0. The van der Waals surface area contributed by atoms with E-state index >= 15 is 0 Å². The van der Waals surface area contributed by atoms with Crippen molar-refractivity contribution in [3.63, 3.8) is 0 Å². The van der Waals surface area contributed by atoms with Crippen molar-refractivity contribution in [2.45, 2.75) is 166 Å². The van der Waals surface area contributed by atoms with Gasteiger partial charge in [-0.25, -0.2) is 9.59 Å². The maximum absolute atomic E-state index is 13.7. The van der Waals surface area contributed by atoms with Gasteiger partial charge in [-0.15, -0.1) is 0 Å². The van der Waals surface area contributed by atoms with Gasteiger partial charge in [0.2, 0.25) is 0 Å². The molecule has 0 aliphatic carbocycles. The molecule has 4 aromatic carbocycles. The molecule has 15 nitrogen and oxygen atoms in total. The molecule has 1 unspecified atom stereocenters. The Morgan fingerprint density at radius 2 is 1.24 bits per heavy atom. The number of halogens is 6. The summed E-state index contributed by atoms with van der Waals surface area (Å²) in [6, 6.07) is 35.8. The number of ether oxygens (including phenoxy) is 1. The summed E-state index contributed by atoms with van der Waals surface area (Å²) in [7, 11) is 1.00. The number of hydrogen-bond acceptors (Lipinski definition) is 10. The molecule has 84 heavy (non-hydrogen) atoms. The lowest BCUT2D eigenvalue weighted by molar-refractivity contribution is -0.142. The van der Waals surface area contributed by atoms with Crippen molar-refractivity contribution in [3.05, 3.63) is 177 Å². The molecule has 2 amide bonds. The number of likely N-dealkylation sites (tertiary alicyclic amines) is 1. The number of aliphatic hydroxyl groups excluding tert-OH is 1. The highest BCUT2D eigenvalue weighted by Crippen LogP contribution is 2.45. The molecule has 453 valence electrons. The first kappa shape index (κ1) is 68.0. The van der Waals surface area contributed by atoms with E-state index in [9.17, 15) is 50.9 Å². The van der Waals surface area contributed by atoms with Crippen LogP contribution in [0.5, 0.6) is 0 Å². The number of hydrogen-bond donors (Lipinski definition) is 6. The third-order valence-electron chi connectivity index (χ3n) is 15.0. The molecule has 8 rings (SSSR count). The molecule has 0 bridgehead atoms. The number of carboxylic acids is 1. The second kappa shape index (κ2) is 28.9. The van der Waals surface area contributed by atoms with Crippen LogP contribution in [0.15, 0.2) is 121 Å². The molecule has 3 radical (unpaired) electrons. The summed E-state index contributed by atoms with van der Waals surface area (Å²) in [5.74, 6) is -1.24. The number of nitrogens with one attached hydrogen (secondary N) is 4. The van der Waals surface area contributed by atoms with E-state index in [0.29, 0.717) is 24.2 Å². The first-order valence-electron chi connectivity index (χ1n) is 27.6. The van der Waals surface area contributed by atoms with Crippen LogP contribution in [0.1, 0.15) is 145 Å². The van der Waals surface area contributed by atoms with Crippen LogP contribution in [0, 0.1) is 0 Å². The standard InChI is InChI=1S/C30H43NO5Si.C25H27F3N4O2.C6H8F3N3.B/c1-29(2,3)35-28(34)31-24(20-21-14-16-23(17-15-21)27(32)33)18-19-25(31)26(22-12-10-9-11-13-22)36-37(7,8)30(4,5)6;1-32(15-20-14-22(31-30-20)25(26,27)28)24(34)18-9-7-16(8-10-18)13-19-11-12-21(29-19)23(33)17-5-3-2-4-6-17;1-10-3-4-2-5(12-11-4)6(7,8)9;/h9-17,24-26H,18-20H2,1-8H3,(H,32,33);2-10,14,19,21,23,29,33H,11-13,15H2,1H3,(H,30,31);2,10H,3H2,1H3,(H,11,12);/t24?,25-,26-;19-,21+,23+;;/m10../s1. The average Bonchev–Trinajstić information content (AvgIpc) is 2.58. The topological polar surface area (TPSA) is 198 Å². The monoisotopic (exact) mass is 1190 g/mol. The molecule has 6 atom stereocenters. The number of carboxylic acid groups (broad SMARTS) is 1. The SMILES string of the molecule is CC(C)(C)OC(=O)N1C(Cc2ccc(C(=O)O)cc2)CC[C@@H]1[C@H](O[Si](C)(C)C(C)(C)C)c1ccccc1.CN(Cc1cc(C(F)(F)F)n[nH]1)C(=O)c1ccc(C[C@@H]2CC[C@H]([C@H](O)c3ccccc3)N2)cc1.CNCc1cc(C(F)(F)F)n[nH]1.[B]. The molecule has 2 aliphatic heterocycles. The second-order valence-corrected chi connectivity index (χ2v) is 28.4. The molecule has 2 fully saturated rings. The van der Waals surface area contributed by atoms with Gasteiger partial charge in [0, 0.05) is 51.4 Å². The fourth-order valence-electron chi connectivity index (χ4n) is 9.70. The molecule has 2 saturated heterocycles. The van der Waals surface area contributed by atoms with Gasteiger partial charge in [-0.3, -0.25) is 19.9 Å². The van der Waals surface area contributed by atoms with Gasteiger partial charge in [0.1, 0.15) is 5.60 Å². The second-order valence-electron chi connectivity index (χ2n) is 23.6. The van der Waals surface area contributed by atoms with Gasteiger partial charge in [-0.2, -0.15) is 36.5 Å². The fourth-order valence-corrected chi connectivity index (χ4v) is 11.0. The summed E-state index contributed by atoms with van der Waals surface area (Å²) in [4.78, 5) is 40.9. The quantitative estimate of drug-likeness (QED) is 0.0398. The molecule has 2 aliphatic rings. The highest BCUT2D eigenvalue weighted by Gasteiger charge is 2.48. The van der Waals surface area contributed by atoms with Crippen molar-refractivity contribution in [3.8, 4) is 0 Å². The Hall–Kier alpha value is -6.79. The van der Waals surface area contributed by atoms with Gasteiger partial charge >= 0.3 is 24.4 Å². The van der Waals surface area contributed by atoms with E-state index < -0.39 is 49.7 Å². The predicted molar refractivity (Wildman–Crippen MR) is 312 cm³/mol. The molecule has 6 aromatic rings. The number of rotatable bonds is 16. The zero-order valence-corrected chi connectivity index (χ0v) is 50.2. The van der Waals surface area contributed by atoms with Gasteiger partial charge in [0.15, 0.2) is 19.7 Å². The van der Waals surface area contributed by atoms with Gasteiger partial charge in [-0.1, -0.05) is 106 Å². The molecule has 23 heteroatoms. The van der Waals surface area contributed by atoms with Gasteiger partial charge in [-0.05, 0) is 143 Å². The lowest BCUT2D eigenvalue weighted by Gasteiger charge is -2.43. The number of aromatic carboxylic acids is 1. The van der Waals surface area contributed by atoms with Crippen LogP contribution in [0.3, 0.4) is 0 Å². The average molecular weight is 1190 g/mol. The summed E-state index contributed by atoms with van der Waals surface area (Å²) in [6.45, 7) is 17.2. The van der Waals surface area contributed by atoms with Crippen molar-refractivity contribution in [2.75, 3.05) is 14.1 Å². The van der Waals surface area contributed by atoms with Crippen molar-refractivity contribution in [1.29, 1.82) is 0 Å². The fraction of sp³-hybridized carbons (Fsp3) is 0.459. The number of carbonyl (C=O) groups is 3. The number of aliphatic hydroxyl groups is 1. The molecule has 6 N–H and O–H groups in total. The number of benzene rings is 4. The van der Waals surface area contributed by atoms with E-state index in [4.69, 9.17) is 9.16 Å². The van der Waals surface area contributed by atoms with Crippen LogP contribution in [-0.2, 0) is 47.4 Å². The third kappa shape index (κ3) is 19.1. The first-order chi connectivity index (χ1) is 38.8. The normalized spacial score (nSPS) is 18.1. The number of H-pyrrole nitrogens is 2. The van der Waals surface area contributed by atoms with Gasteiger partial charge in [0.25, 0.3) is 5.91 Å². The number of amides is 2. The van der Waals surface area contributed by atoms with Crippen LogP contribution in [0.25, 0.3) is 0 Å². The van der Waals surface area contributed by atoms with Crippen molar-refractivity contribution in [2.24, 2.45) is 0 Å². The molecular formula is C61H78BF6N8O7Si. The number of aromatic amines is 2. The summed E-state index contributed by atoms with van der Waals surface area (Å²) in [5.41, 5.74) is 2.85. The highest BCUT2D eigenvalue weighted by molar-refractivity contribution is 6.74. The lowest BCUT2D eigenvalue weighted by atomic mass is 10.0. The molecule has 2 aromatic heterocycles. The molecule has 0 saturated carbocycles. The van der Waals surface area contributed by atoms with E-state index in [1.807, 2.05) is 98.5 Å². The maximum atomic E-state index is 13.7. The summed E-state index contributed by atoms with van der Waals surface area (Å²) in [6.07, 6.45) is -5.20. The Labute approximate surface area is 491 Å². The lowest BCUT2D eigenvalue weighted by Crippen LogP contribution is -2.50. The maximum Gasteiger partial charge on any atom is 0.435 e. The predicted octanol–water partition coefficient (Wildman–Crippen LogP) is 12.3. The zero-order chi connectivity index (χ0) is 61.1. The minimum Gasteiger partial charge on any atom is -0.478 e. The van der Waals surface area contributed by atoms with E-state index in [-0.39, 0.29) is 73.5 Å². The Morgan fingerprint density at radius 1 is 0.726 bits per heavy atom. The largest absolute Gasteiger partial charge is 0.478 e. The van der Waals surface area contributed by atoms with E-state index in [0.717, 1.165) is 66.5 Å². The number of alkyl halides is 6. The molecular weight excluding hydrogens is 1110 g/mol. The third-order valence-corrected chi connectivity index (χ3v) is 19.4. The highest BCUT2D eigenvalue weighted by atomic mass is 28.4. The summed E-state index contributed by atoms with van der Waals surface area (Å²) < 4.78 is 86.9. The van der Waals surface area contributed by atoms with Crippen LogP contribution >= 0.6 is 0 Å². The van der Waals surface area contributed by atoms with Crippen LogP contribution in [0.2, 0.25) is 18.1 Å². The minimum atomic E-state index is -4.53. The number of aromatic nitrogens is 4. The number of nitrogens with zero attached hydrogens (tertiary/aromatic N) is 4. The van der Waals surface area contributed by atoms with Crippen LogP contribution < -0.4 is 10.6 Å². The number of carbonyl (C=O) groups excluding carboxylic acids is 2. The molecule has 0 spiro atoms. The smallest absolute Gasteiger partial charge is 0.435 e. The van der Waals surface area contributed by atoms with Crippen molar-refractivity contribution in [1.82, 2.24) is 40.8 Å². The Kier molecular flexibility index (Phi) is 23.4.